The van der Waals surface area contributed by atoms with Crippen molar-refractivity contribution in [3.05, 3.63) is 28.6 Å². The van der Waals surface area contributed by atoms with Crippen molar-refractivity contribution < 1.29 is 4.79 Å². The molecule has 3 nitrogen and oxygen atoms in total. The molecule has 124 valence electrons. The Morgan fingerprint density at radius 3 is 2.57 bits per heavy atom. The Morgan fingerprint density at radius 2 is 1.96 bits per heavy atom. The van der Waals surface area contributed by atoms with Crippen molar-refractivity contribution in [3.63, 3.8) is 0 Å². The number of carbonyl (C=O) groups excluding carboxylic acids is 1. The molecule has 0 atom stereocenters. The Balaban J connectivity index is 1.82. The molecule has 0 spiro atoms. The van der Waals surface area contributed by atoms with Gasteiger partial charge in [0.1, 0.15) is 5.54 Å². The number of fused-ring (bicyclic) bond motifs is 1. The van der Waals surface area contributed by atoms with Gasteiger partial charge in [-0.3, -0.25) is 4.79 Å². The number of amides is 1. The first-order valence-electron chi connectivity index (χ1n) is 8.57. The Hall–Kier alpha value is -1.26. The van der Waals surface area contributed by atoms with Crippen molar-refractivity contribution in [2.75, 3.05) is 6.54 Å². The van der Waals surface area contributed by atoms with Crippen LogP contribution in [0.25, 0.3) is 12.2 Å². The average Bonchev–Trinajstić information content (AvgIpc) is 3.33. The summed E-state index contributed by atoms with van der Waals surface area (Å²) in [5.74, 6) is 0.444. The van der Waals surface area contributed by atoms with Crippen LogP contribution in [-0.4, -0.2) is 22.3 Å². The largest absolute Gasteiger partial charge is 0.368 e. The summed E-state index contributed by atoms with van der Waals surface area (Å²) in [5.41, 5.74) is 5.27. The molecule has 1 amide bonds. The number of hydrogen-bond acceptors (Lipinski definition) is 3. The summed E-state index contributed by atoms with van der Waals surface area (Å²) in [6.45, 7) is 5.34. The van der Waals surface area contributed by atoms with Crippen LogP contribution >= 0.6 is 11.9 Å². The Labute approximate surface area is 142 Å². The summed E-state index contributed by atoms with van der Waals surface area (Å²) in [4.78, 5) is 13.1. The molecule has 1 aromatic rings. The van der Waals surface area contributed by atoms with Gasteiger partial charge in [-0.1, -0.05) is 32.1 Å². The van der Waals surface area contributed by atoms with Crippen LogP contribution in [0.5, 0.6) is 0 Å². The van der Waals surface area contributed by atoms with Gasteiger partial charge in [0.25, 0.3) is 0 Å². The van der Waals surface area contributed by atoms with Gasteiger partial charge in [0.05, 0.1) is 0 Å². The topological polar surface area (TPSA) is 46.3 Å². The van der Waals surface area contributed by atoms with Crippen molar-refractivity contribution in [1.29, 1.82) is 0 Å². The number of nitrogens with zero attached hydrogens (tertiary/aromatic N) is 1. The maximum Gasteiger partial charge on any atom is 0.238 e. The third-order valence-electron chi connectivity index (χ3n) is 4.74. The fourth-order valence-electron chi connectivity index (χ4n) is 3.04. The molecule has 2 aliphatic carbocycles. The van der Waals surface area contributed by atoms with E-state index < -0.39 is 5.54 Å². The zero-order chi connectivity index (χ0) is 16.4. The standard InChI is InChI=1S/C19H26N2OS/c1-14(2)9-12-21(19(10-11-19)18(20)22)23-17-8-7-15-5-3-4-6-16(15)13-17/h5-8,13-14H,3-4,9-12H2,1-2H3,(H2,20,22). The molecule has 2 N–H and O–H groups in total. The summed E-state index contributed by atoms with van der Waals surface area (Å²) in [5, 5.41) is 2.64. The minimum absolute atomic E-state index is 0.174. The van der Waals surface area contributed by atoms with Gasteiger partial charge < -0.3 is 5.73 Å². The van der Waals surface area contributed by atoms with Gasteiger partial charge in [-0.05, 0) is 72.5 Å². The highest BCUT2D eigenvalue weighted by molar-refractivity contribution is 7.97. The van der Waals surface area contributed by atoms with Crippen LogP contribution in [0, 0.1) is 5.92 Å². The van der Waals surface area contributed by atoms with Crippen LogP contribution in [-0.2, 0) is 4.79 Å². The quantitative estimate of drug-likeness (QED) is 0.781. The predicted octanol–water partition coefficient (Wildman–Crippen LogP) is 2.41. The first-order valence-corrected chi connectivity index (χ1v) is 9.34. The van der Waals surface area contributed by atoms with Crippen LogP contribution in [0.3, 0.4) is 0 Å². The lowest BCUT2D eigenvalue weighted by molar-refractivity contribution is -0.122. The number of rotatable bonds is 7. The summed E-state index contributed by atoms with van der Waals surface area (Å²) in [6.07, 6.45) is 9.70. The molecular weight excluding hydrogens is 304 g/mol. The van der Waals surface area contributed by atoms with Crippen LogP contribution in [0.1, 0.15) is 46.0 Å². The molecule has 4 heteroatoms. The fourth-order valence-corrected chi connectivity index (χ4v) is 4.24. The molecule has 0 radical (unpaired) electrons. The second-order valence-corrected chi connectivity index (χ2v) is 8.14. The van der Waals surface area contributed by atoms with E-state index in [1.807, 2.05) is 0 Å². The molecule has 1 aromatic carbocycles. The summed E-state index contributed by atoms with van der Waals surface area (Å²) >= 11 is 1.70. The molecular formula is C19H26N2OS. The molecule has 3 rings (SSSR count). The van der Waals surface area contributed by atoms with Crippen LogP contribution in [0.4, 0.5) is 0 Å². The normalized spacial score (nSPS) is 18.3. The van der Waals surface area contributed by atoms with Crippen molar-refractivity contribution in [2.45, 2.75) is 56.4 Å². The highest BCUT2D eigenvalue weighted by atomic mass is 32.2. The van der Waals surface area contributed by atoms with E-state index in [2.05, 4.69) is 48.5 Å². The number of hydrogen-bond donors (Lipinski definition) is 1. The SMILES string of the molecule is CC(C)CCN(Sc1ccc2c(c1)=CCCC=2)C1(C(N)=O)CC1. The van der Waals surface area contributed by atoms with E-state index in [9.17, 15) is 4.79 Å². The molecule has 0 aromatic heterocycles. The smallest absolute Gasteiger partial charge is 0.238 e. The zero-order valence-corrected chi connectivity index (χ0v) is 14.9. The highest BCUT2D eigenvalue weighted by Crippen LogP contribution is 2.46. The van der Waals surface area contributed by atoms with Crippen molar-refractivity contribution in [3.8, 4) is 0 Å². The summed E-state index contributed by atoms with van der Waals surface area (Å²) in [7, 11) is 0. The average molecular weight is 330 g/mol. The molecule has 0 saturated heterocycles. The fraction of sp³-hybridized carbons (Fsp3) is 0.526. The highest BCUT2D eigenvalue weighted by Gasteiger charge is 2.53. The lowest BCUT2D eigenvalue weighted by Gasteiger charge is -2.29. The van der Waals surface area contributed by atoms with Gasteiger partial charge in [-0.25, -0.2) is 4.31 Å². The van der Waals surface area contributed by atoms with E-state index in [1.165, 1.54) is 15.3 Å². The molecule has 1 fully saturated rings. The molecule has 0 unspecified atom stereocenters. The number of benzene rings is 1. The van der Waals surface area contributed by atoms with E-state index >= 15 is 0 Å². The zero-order valence-electron chi connectivity index (χ0n) is 14.0. The van der Waals surface area contributed by atoms with Crippen LogP contribution in [0.15, 0.2) is 23.1 Å². The third-order valence-corrected chi connectivity index (χ3v) is 5.96. The van der Waals surface area contributed by atoms with E-state index in [4.69, 9.17) is 5.73 Å². The Morgan fingerprint density at radius 1 is 1.26 bits per heavy atom. The Bertz CT molecular complexity index is 707. The minimum Gasteiger partial charge on any atom is -0.368 e. The van der Waals surface area contributed by atoms with Gasteiger partial charge in [0, 0.05) is 11.4 Å². The minimum atomic E-state index is -0.425. The number of nitrogens with two attached hydrogens (primary N) is 1. The van der Waals surface area contributed by atoms with Crippen molar-refractivity contribution in [2.24, 2.45) is 11.7 Å². The molecule has 0 bridgehead atoms. The monoisotopic (exact) mass is 330 g/mol. The Kier molecular flexibility index (Phi) is 4.83. The molecule has 2 aliphatic rings. The lowest BCUT2D eigenvalue weighted by atomic mass is 10.1. The van der Waals surface area contributed by atoms with Gasteiger partial charge in [-0.15, -0.1) is 0 Å². The third kappa shape index (κ3) is 3.64. The van der Waals surface area contributed by atoms with E-state index in [0.29, 0.717) is 5.92 Å². The van der Waals surface area contributed by atoms with Crippen LogP contribution in [0.2, 0.25) is 0 Å². The van der Waals surface area contributed by atoms with Crippen LogP contribution < -0.4 is 16.2 Å². The van der Waals surface area contributed by atoms with E-state index in [0.717, 1.165) is 38.6 Å². The summed E-state index contributed by atoms with van der Waals surface area (Å²) in [6, 6.07) is 6.60. The van der Waals surface area contributed by atoms with Gasteiger partial charge in [0.2, 0.25) is 5.91 Å². The predicted molar refractivity (Wildman–Crippen MR) is 97.0 cm³/mol. The molecule has 0 aliphatic heterocycles. The second-order valence-electron chi connectivity index (χ2n) is 7.05. The van der Waals surface area contributed by atoms with Crippen molar-refractivity contribution >= 4 is 30.0 Å². The number of primary amides is 1. The molecule has 23 heavy (non-hydrogen) atoms. The molecule has 0 heterocycles. The maximum absolute atomic E-state index is 11.9. The second kappa shape index (κ2) is 6.70. The van der Waals surface area contributed by atoms with E-state index in [-0.39, 0.29) is 5.91 Å². The first kappa shape index (κ1) is 16.6. The van der Waals surface area contributed by atoms with Crippen molar-refractivity contribution in [1.82, 2.24) is 4.31 Å². The van der Waals surface area contributed by atoms with Gasteiger partial charge in [-0.2, -0.15) is 0 Å². The maximum atomic E-state index is 11.9. The first-order chi connectivity index (χ1) is 11.0. The van der Waals surface area contributed by atoms with Gasteiger partial charge in [0.15, 0.2) is 0 Å². The summed E-state index contributed by atoms with van der Waals surface area (Å²) < 4.78 is 2.24. The van der Waals surface area contributed by atoms with E-state index in [1.54, 1.807) is 11.9 Å². The van der Waals surface area contributed by atoms with Gasteiger partial charge >= 0.3 is 0 Å². The number of carbonyl (C=O) groups is 1. The lowest BCUT2D eigenvalue weighted by Crippen LogP contribution is -2.44. The molecule has 1 saturated carbocycles.